The van der Waals surface area contributed by atoms with Crippen molar-refractivity contribution in [1.29, 1.82) is 0 Å². The molecule has 19 heavy (non-hydrogen) atoms. The predicted octanol–water partition coefficient (Wildman–Crippen LogP) is 2.45. The van der Waals surface area contributed by atoms with Crippen LogP contribution >= 0.6 is 11.6 Å². The van der Waals surface area contributed by atoms with Gasteiger partial charge in [-0.2, -0.15) is 0 Å². The first-order chi connectivity index (χ1) is 8.91. The van der Waals surface area contributed by atoms with Crippen LogP contribution in [-0.4, -0.2) is 41.4 Å². The second-order valence-corrected chi connectivity index (χ2v) is 5.94. The molecule has 1 heterocycles. The Balaban J connectivity index is 2.11. The number of aliphatic hydroxyl groups excluding tert-OH is 1. The Hall–Kier alpha value is -0.680. The molecule has 0 aromatic heterocycles. The summed E-state index contributed by atoms with van der Waals surface area (Å²) in [7, 11) is 0. The molecular formula is C14H19ClFNO2. The number of aliphatic hydroxyl groups is 1. The summed E-state index contributed by atoms with van der Waals surface area (Å²) in [5.74, 6) is -0.398. The van der Waals surface area contributed by atoms with Crippen LogP contribution in [0.5, 0.6) is 0 Å². The molecule has 1 aromatic carbocycles. The van der Waals surface area contributed by atoms with E-state index in [-0.39, 0.29) is 23.3 Å². The Morgan fingerprint density at radius 3 is 2.95 bits per heavy atom. The Bertz CT molecular complexity index is 453. The molecule has 1 unspecified atom stereocenters. The van der Waals surface area contributed by atoms with Crippen molar-refractivity contribution in [3.63, 3.8) is 0 Å². The average molecular weight is 288 g/mol. The smallest absolute Gasteiger partial charge is 0.142 e. The summed E-state index contributed by atoms with van der Waals surface area (Å²) in [6.45, 7) is 5.84. The Labute approximate surface area is 117 Å². The minimum absolute atomic E-state index is 0.0171. The van der Waals surface area contributed by atoms with E-state index < -0.39 is 5.82 Å². The van der Waals surface area contributed by atoms with E-state index in [2.05, 4.69) is 4.90 Å². The van der Waals surface area contributed by atoms with Gasteiger partial charge in [0.25, 0.3) is 0 Å². The minimum Gasteiger partial charge on any atom is -0.394 e. The maximum atomic E-state index is 13.4. The summed E-state index contributed by atoms with van der Waals surface area (Å²) < 4.78 is 19.2. The number of hydrogen-bond acceptors (Lipinski definition) is 3. The Morgan fingerprint density at radius 1 is 1.53 bits per heavy atom. The van der Waals surface area contributed by atoms with Crippen LogP contribution < -0.4 is 0 Å². The molecule has 0 radical (unpaired) electrons. The topological polar surface area (TPSA) is 32.7 Å². The van der Waals surface area contributed by atoms with E-state index in [9.17, 15) is 9.50 Å². The van der Waals surface area contributed by atoms with Crippen LogP contribution in [0.3, 0.4) is 0 Å². The molecule has 5 heteroatoms. The molecule has 0 amide bonds. The van der Waals surface area contributed by atoms with Gasteiger partial charge in [0.05, 0.1) is 23.3 Å². The molecule has 2 rings (SSSR count). The fourth-order valence-electron chi connectivity index (χ4n) is 2.54. The van der Waals surface area contributed by atoms with E-state index in [1.807, 2.05) is 19.9 Å². The highest BCUT2D eigenvalue weighted by Gasteiger charge is 2.33. The molecule has 106 valence electrons. The van der Waals surface area contributed by atoms with Crippen molar-refractivity contribution >= 4 is 11.6 Å². The van der Waals surface area contributed by atoms with Gasteiger partial charge in [-0.1, -0.05) is 23.7 Å². The summed E-state index contributed by atoms with van der Waals surface area (Å²) in [4.78, 5) is 2.13. The van der Waals surface area contributed by atoms with Crippen LogP contribution in [0.25, 0.3) is 0 Å². The van der Waals surface area contributed by atoms with E-state index in [0.29, 0.717) is 13.1 Å². The van der Waals surface area contributed by atoms with Gasteiger partial charge < -0.3 is 9.84 Å². The van der Waals surface area contributed by atoms with Crippen LogP contribution in [0.4, 0.5) is 4.39 Å². The highest BCUT2D eigenvalue weighted by atomic mass is 35.5. The highest BCUT2D eigenvalue weighted by Crippen LogP contribution is 2.25. The van der Waals surface area contributed by atoms with Crippen LogP contribution in [0.2, 0.25) is 5.02 Å². The zero-order chi connectivity index (χ0) is 14.0. The van der Waals surface area contributed by atoms with Gasteiger partial charge in [0.1, 0.15) is 5.82 Å². The van der Waals surface area contributed by atoms with Gasteiger partial charge in [-0.05, 0) is 25.5 Å². The zero-order valence-corrected chi connectivity index (χ0v) is 12.0. The molecule has 1 fully saturated rings. The van der Waals surface area contributed by atoms with Gasteiger partial charge in [-0.15, -0.1) is 0 Å². The largest absolute Gasteiger partial charge is 0.394 e. The van der Waals surface area contributed by atoms with Crippen molar-refractivity contribution in [2.45, 2.75) is 32.1 Å². The van der Waals surface area contributed by atoms with Crippen molar-refractivity contribution < 1.29 is 14.2 Å². The van der Waals surface area contributed by atoms with Crippen molar-refractivity contribution in [2.24, 2.45) is 0 Å². The third kappa shape index (κ3) is 3.66. The van der Waals surface area contributed by atoms with Crippen molar-refractivity contribution in [3.8, 4) is 0 Å². The van der Waals surface area contributed by atoms with Crippen LogP contribution in [0.15, 0.2) is 18.2 Å². The van der Waals surface area contributed by atoms with Gasteiger partial charge in [-0.3, -0.25) is 4.90 Å². The van der Waals surface area contributed by atoms with Crippen molar-refractivity contribution in [1.82, 2.24) is 4.90 Å². The molecule has 1 saturated heterocycles. The maximum Gasteiger partial charge on any atom is 0.142 e. The molecular weight excluding hydrogens is 269 g/mol. The molecule has 0 bridgehead atoms. The van der Waals surface area contributed by atoms with E-state index in [0.717, 1.165) is 12.1 Å². The van der Waals surface area contributed by atoms with E-state index >= 15 is 0 Å². The lowest BCUT2D eigenvalue weighted by atomic mass is 10.0. The van der Waals surface area contributed by atoms with Gasteiger partial charge in [0.15, 0.2) is 0 Å². The third-order valence-electron chi connectivity index (χ3n) is 3.18. The second-order valence-electron chi connectivity index (χ2n) is 5.56. The fraction of sp³-hybridized carbons (Fsp3) is 0.571. The fourth-order valence-corrected chi connectivity index (χ4v) is 2.73. The molecule has 1 atom stereocenters. The maximum absolute atomic E-state index is 13.4. The lowest BCUT2D eigenvalue weighted by molar-refractivity contribution is -0.150. The van der Waals surface area contributed by atoms with Gasteiger partial charge in [0.2, 0.25) is 0 Å². The Morgan fingerprint density at radius 2 is 2.26 bits per heavy atom. The van der Waals surface area contributed by atoms with Gasteiger partial charge in [-0.25, -0.2) is 4.39 Å². The summed E-state index contributed by atoms with van der Waals surface area (Å²) in [5, 5.41) is 9.44. The summed E-state index contributed by atoms with van der Waals surface area (Å²) in [6.07, 6.45) is -0.212. The lowest BCUT2D eigenvalue weighted by Gasteiger charge is -2.42. The van der Waals surface area contributed by atoms with Crippen LogP contribution in [-0.2, 0) is 11.3 Å². The van der Waals surface area contributed by atoms with Crippen molar-refractivity contribution in [3.05, 3.63) is 34.6 Å². The van der Waals surface area contributed by atoms with Crippen molar-refractivity contribution in [2.75, 3.05) is 19.7 Å². The van der Waals surface area contributed by atoms with Gasteiger partial charge in [0, 0.05) is 19.6 Å². The standard InChI is InChI=1S/C14H19ClFNO2/c1-14(2)9-17(7-11(8-18)19-14)6-10-4-3-5-12(16)13(10)15/h3-5,11,18H,6-9H2,1-2H3. The average Bonchev–Trinajstić information content (AvgIpc) is 2.33. The number of benzene rings is 1. The van der Waals surface area contributed by atoms with E-state index in [4.69, 9.17) is 16.3 Å². The van der Waals surface area contributed by atoms with Gasteiger partial charge >= 0.3 is 0 Å². The molecule has 0 aliphatic carbocycles. The number of morpholine rings is 1. The normalized spacial score (nSPS) is 23.5. The number of hydrogen-bond donors (Lipinski definition) is 1. The SMILES string of the molecule is CC1(C)CN(Cc2cccc(F)c2Cl)CC(CO)O1. The van der Waals surface area contributed by atoms with E-state index in [1.165, 1.54) is 6.07 Å². The molecule has 0 saturated carbocycles. The quantitative estimate of drug-likeness (QED) is 0.927. The molecule has 1 aliphatic heterocycles. The minimum atomic E-state index is -0.398. The summed E-state index contributed by atoms with van der Waals surface area (Å²) in [5.41, 5.74) is 0.432. The van der Waals surface area contributed by atoms with E-state index in [1.54, 1.807) is 6.07 Å². The number of ether oxygens (including phenoxy) is 1. The summed E-state index contributed by atoms with van der Waals surface area (Å²) >= 11 is 5.97. The predicted molar refractivity (Wildman–Crippen MR) is 72.7 cm³/mol. The second kappa shape index (κ2) is 5.75. The molecule has 1 aliphatic rings. The monoisotopic (exact) mass is 287 g/mol. The number of halogens is 2. The summed E-state index contributed by atoms with van der Waals surface area (Å²) in [6, 6.07) is 4.83. The molecule has 3 nitrogen and oxygen atoms in total. The highest BCUT2D eigenvalue weighted by molar-refractivity contribution is 6.31. The lowest BCUT2D eigenvalue weighted by Crippen LogP contribution is -2.53. The first-order valence-electron chi connectivity index (χ1n) is 6.35. The van der Waals surface area contributed by atoms with Crippen LogP contribution in [0.1, 0.15) is 19.4 Å². The van der Waals surface area contributed by atoms with Crippen LogP contribution in [0, 0.1) is 5.82 Å². The number of nitrogens with zero attached hydrogens (tertiary/aromatic N) is 1. The molecule has 1 aromatic rings. The molecule has 0 spiro atoms. The first kappa shape index (κ1) is 14.7. The first-order valence-corrected chi connectivity index (χ1v) is 6.73. The molecule has 1 N–H and O–H groups in total. The third-order valence-corrected chi connectivity index (χ3v) is 3.60. The number of rotatable bonds is 3. The zero-order valence-electron chi connectivity index (χ0n) is 11.2. The Kier molecular flexibility index (Phi) is 4.46.